The number of nitrogens with zero attached hydrogens (tertiary/aromatic N) is 2. The van der Waals surface area contributed by atoms with E-state index >= 15 is 0 Å². The third kappa shape index (κ3) is 3.06. The molecular weight excluding hydrogens is 324 g/mol. The predicted octanol–water partition coefficient (Wildman–Crippen LogP) is 3.98. The lowest BCUT2D eigenvalue weighted by atomic mass is 10.0. The summed E-state index contributed by atoms with van der Waals surface area (Å²) in [5, 5.41) is 4.83. The maximum Gasteiger partial charge on any atom is 0.245 e. The smallest absolute Gasteiger partial charge is 0.245 e. The zero-order chi connectivity index (χ0) is 16.5. The first-order valence-electron chi connectivity index (χ1n) is 7.86. The van der Waals surface area contributed by atoms with Crippen molar-refractivity contribution in [3.8, 4) is 11.4 Å². The molecule has 2 unspecified atom stereocenters. The summed E-state index contributed by atoms with van der Waals surface area (Å²) in [6.07, 6.45) is 0.815. The number of hydrogen-bond donors (Lipinski definition) is 2. The van der Waals surface area contributed by atoms with E-state index in [2.05, 4.69) is 34.0 Å². The lowest BCUT2D eigenvalue weighted by molar-refractivity contribution is 0.340. The molecule has 1 fully saturated rings. The van der Waals surface area contributed by atoms with Crippen molar-refractivity contribution in [1.82, 2.24) is 21.0 Å². The third-order valence-corrected chi connectivity index (χ3v) is 4.44. The molecular formula is C18H17ClN4O. The van der Waals surface area contributed by atoms with Gasteiger partial charge in [-0.1, -0.05) is 58.7 Å². The van der Waals surface area contributed by atoms with Crippen LogP contribution >= 0.6 is 11.6 Å². The monoisotopic (exact) mass is 340 g/mol. The van der Waals surface area contributed by atoms with E-state index in [9.17, 15) is 0 Å². The van der Waals surface area contributed by atoms with Crippen LogP contribution in [0.4, 0.5) is 0 Å². The van der Waals surface area contributed by atoms with E-state index in [0.29, 0.717) is 11.7 Å². The van der Waals surface area contributed by atoms with Crippen molar-refractivity contribution in [3.63, 3.8) is 0 Å². The number of aryl methyl sites for hydroxylation is 1. The SMILES string of the molecule is Cc1ccc(-c2noc(C3CC(c4cccc(Cl)c4)NN3)n2)cc1. The Morgan fingerprint density at radius 1 is 1.08 bits per heavy atom. The summed E-state index contributed by atoms with van der Waals surface area (Å²) in [5.41, 5.74) is 9.78. The van der Waals surface area contributed by atoms with Gasteiger partial charge in [0.15, 0.2) is 0 Å². The van der Waals surface area contributed by atoms with E-state index in [1.165, 1.54) is 5.56 Å². The quantitative estimate of drug-likeness (QED) is 0.755. The Morgan fingerprint density at radius 3 is 2.67 bits per heavy atom. The summed E-state index contributed by atoms with van der Waals surface area (Å²) in [6.45, 7) is 2.05. The highest BCUT2D eigenvalue weighted by Gasteiger charge is 2.30. The van der Waals surface area contributed by atoms with Crippen LogP contribution in [0, 0.1) is 6.92 Å². The van der Waals surface area contributed by atoms with Crippen molar-refractivity contribution in [2.45, 2.75) is 25.4 Å². The number of hydrazine groups is 1. The molecule has 2 aromatic carbocycles. The van der Waals surface area contributed by atoms with Gasteiger partial charge in [0.2, 0.25) is 11.7 Å². The van der Waals surface area contributed by atoms with Crippen LogP contribution in [-0.4, -0.2) is 10.1 Å². The fraction of sp³-hybridized carbons (Fsp3) is 0.222. The Morgan fingerprint density at radius 2 is 1.88 bits per heavy atom. The van der Waals surface area contributed by atoms with Crippen molar-refractivity contribution < 1.29 is 4.52 Å². The lowest BCUT2D eigenvalue weighted by Crippen LogP contribution is -2.26. The molecule has 2 heterocycles. The Hall–Kier alpha value is -2.21. The molecule has 1 saturated heterocycles. The van der Waals surface area contributed by atoms with Crippen LogP contribution in [0.5, 0.6) is 0 Å². The fourth-order valence-electron chi connectivity index (χ4n) is 2.86. The highest BCUT2D eigenvalue weighted by molar-refractivity contribution is 6.30. The zero-order valence-corrected chi connectivity index (χ0v) is 13.9. The summed E-state index contributed by atoms with van der Waals surface area (Å²) in [5.74, 6) is 1.20. The van der Waals surface area contributed by atoms with Crippen molar-refractivity contribution in [3.05, 3.63) is 70.6 Å². The van der Waals surface area contributed by atoms with Gasteiger partial charge in [0.1, 0.15) is 6.04 Å². The molecule has 24 heavy (non-hydrogen) atoms. The van der Waals surface area contributed by atoms with Crippen molar-refractivity contribution >= 4 is 11.6 Å². The summed E-state index contributed by atoms with van der Waals surface area (Å²) < 4.78 is 5.45. The molecule has 2 N–H and O–H groups in total. The van der Waals surface area contributed by atoms with Crippen molar-refractivity contribution in [2.75, 3.05) is 0 Å². The average molecular weight is 341 g/mol. The molecule has 3 aromatic rings. The average Bonchev–Trinajstić information content (AvgIpc) is 3.25. The normalized spacial score (nSPS) is 20.4. The van der Waals surface area contributed by atoms with Gasteiger partial charge in [-0.2, -0.15) is 4.98 Å². The number of aromatic nitrogens is 2. The lowest BCUT2D eigenvalue weighted by Gasteiger charge is -2.09. The van der Waals surface area contributed by atoms with Gasteiger partial charge in [0.05, 0.1) is 0 Å². The van der Waals surface area contributed by atoms with Crippen LogP contribution in [0.1, 0.15) is 35.5 Å². The van der Waals surface area contributed by atoms with Crippen LogP contribution in [-0.2, 0) is 0 Å². The zero-order valence-electron chi connectivity index (χ0n) is 13.2. The molecule has 5 nitrogen and oxygen atoms in total. The Balaban J connectivity index is 1.50. The Kier molecular flexibility index (Phi) is 4.06. The van der Waals surface area contributed by atoms with Crippen LogP contribution < -0.4 is 10.9 Å². The highest BCUT2D eigenvalue weighted by Crippen LogP contribution is 2.31. The number of halogens is 1. The minimum Gasteiger partial charge on any atom is -0.337 e. The molecule has 0 amide bonds. The van der Waals surface area contributed by atoms with E-state index < -0.39 is 0 Å². The van der Waals surface area contributed by atoms with Gasteiger partial charge >= 0.3 is 0 Å². The number of hydrogen-bond acceptors (Lipinski definition) is 5. The number of benzene rings is 2. The summed E-state index contributed by atoms with van der Waals surface area (Å²) in [7, 11) is 0. The van der Waals surface area contributed by atoms with Gasteiger partial charge in [0, 0.05) is 16.6 Å². The maximum atomic E-state index is 6.07. The summed E-state index contributed by atoms with van der Waals surface area (Å²) in [4.78, 5) is 4.53. The van der Waals surface area contributed by atoms with Gasteiger partial charge in [-0.15, -0.1) is 0 Å². The van der Waals surface area contributed by atoms with Crippen LogP contribution in [0.25, 0.3) is 11.4 Å². The molecule has 0 saturated carbocycles. The van der Waals surface area contributed by atoms with Gasteiger partial charge in [-0.05, 0) is 31.0 Å². The molecule has 1 aliphatic heterocycles. The van der Waals surface area contributed by atoms with Crippen LogP contribution in [0.15, 0.2) is 53.1 Å². The maximum absolute atomic E-state index is 6.07. The number of rotatable bonds is 3. The first-order valence-corrected chi connectivity index (χ1v) is 8.24. The van der Waals surface area contributed by atoms with E-state index in [-0.39, 0.29) is 12.1 Å². The topological polar surface area (TPSA) is 63.0 Å². The molecule has 1 aliphatic rings. The van der Waals surface area contributed by atoms with Crippen molar-refractivity contribution in [1.29, 1.82) is 0 Å². The predicted molar refractivity (Wildman–Crippen MR) is 92.3 cm³/mol. The molecule has 0 radical (unpaired) electrons. The molecule has 0 bridgehead atoms. The second-order valence-corrected chi connectivity index (χ2v) is 6.44. The summed E-state index contributed by atoms with van der Waals surface area (Å²) >= 11 is 6.07. The van der Waals surface area contributed by atoms with E-state index in [1.54, 1.807) is 0 Å². The molecule has 1 aromatic heterocycles. The number of nitrogens with one attached hydrogen (secondary N) is 2. The van der Waals surface area contributed by atoms with Crippen molar-refractivity contribution in [2.24, 2.45) is 0 Å². The first kappa shape index (κ1) is 15.3. The Labute approximate surface area is 145 Å². The fourth-order valence-corrected chi connectivity index (χ4v) is 3.06. The molecule has 0 spiro atoms. The second kappa shape index (κ2) is 6.36. The van der Waals surface area contributed by atoms with E-state index in [0.717, 1.165) is 22.6 Å². The van der Waals surface area contributed by atoms with E-state index in [4.69, 9.17) is 16.1 Å². The Bertz CT molecular complexity index is 846. The minimum atomic E-state index is -0.0271. The minimum absolute atomic E-state index is 0.0271. The molecule has 6 heteroatoms. The van der Waals surface area contributed by atoms with Gasteiger partial charge in [-0.3, -0.25) is 0 Å². The summed E-state index contributed by atoms with van der Waals surface area (Å²) in [6, 6.07) is 16.0. The standard InChI is InChI=1S/C18H17ClN4O/c1-11-5-7-12(8-6-11)17-20-18(24-23-17)16-10-15(21-22-16)13-3-2-4-14(19)9-13/h2-9,15-16,21-22H,10H2,1H3. The largest absolute Gasteiger partial charge is 0.337 e. The van der Waals surface area contributed by atoms with Crippen LogP contribution in [0.3, 0.4) is 0 Å². The molecule has 122 valence electrons. The highest BCUT2D eigenvalue weighted by atomic mass is 35.5. The second-order valence-electron chi connectivity index (χ2n) is 6.01. The third-order valence-electron chi connectivity index (χ3n) is 4.20. The van der Waals surface area contributed by atoms with Crippen LogP contribution in [0.2, 0.25) is 5.02 Å². The van der Waals surface area contributed by atoms with Gasteiger partial charge in [-0.25, -0.2) is 10.9 Å². The van der Waals surface area contributed by atoms with Gasteiger partial charge < -0.3 is 4.52 Å². The molecule has 0 aliphatic carbocycles. The molecule has 2 atom stereocenters. The first-order chi connectivity index (χ1) is 11.7. The van der Waals surface area contributed by atoms with E-state index in [1.807, 2.05) is 42.5 Å². The molecule has 4 rings (SSSR count). The van der Waals surface area contributed by atoms with Gasteiger partial charge in [0.25, 0.3) is 0 Å².